The van der Waals surface area contributed by atoms with Gasteiger partial charge in [0.25, 0.3) is 10.1 Å². The molecular weight excluding hydrogens is 729 g/mol. The first-order valence-electron chi connectivity index (χ1n) is 21.7. The van der Waals surface area contributed by atoms with E-state index in [1.54, 1.807) is 0 Å². The third-order valence-electron chi connectivity index (χ3n) is 10.1. The molecule has 0 saturated carbocycles. The van der Waals surface area contributed by atoms with Gasteiger partial charge in [0.2, 0.25) is 0 Å². The van der Waals surface area contributed by atoms with Crippen LogP contribution in [0.3, 0.4) is 0 Å². The van der Waals surface area contributed by atoms with Gasteiger partial charge in [-0.15, -0.1) is 0 Å². The molecule has 6 unspecified atom stereocenters. The van der Waals surface area contributed by atoms with Crippen molar-refractivity contribution in [3.8, 4) is 0 Å². The monoisotopic (exact) mass is 807 g/mol. The summed E-state index contributed by atoms with van der Waals surface area (Å²) in [5.74, 6) is -1.98. The van der Waals surface area contributed by atoms with Crippen molar-refractivity contribution in [1.82, 2.24) is 0 Å². The predicted octanol–water partition coefficient (Wildman–Crippen LogP) is 8.28. The second-order valence-electron chi connectivity index (χ2n) is 15.4. The second-order valence-corrected chi connectivity index (χ2v) is 16.9. The summed E-state index contributed by atoms with van der Waals surface area (Å²) in [7, 11) is -4.60. The Morgan fingerprint density at radius 2 is 1.04 bits per heavy atom. The van der Waals surface area contributed by atoms with Crippen LogP contribution < -0.4 is 0 Å². The minimum atomic E-state index is -4.60. The fourth-order valence-electron chi connectivity index (χ4n) is 6.67. The quantitative estimate of drug-likeness (QED) is 0.0206. The van der Waals surface area contributed by atoms with Crippen LogP contribution in [0.1, 0.15) is 187 Å². The van der Waals surface area contributed by atoms with Gasteiger partial charge in [0, 0.05) is 12.8 Å². The van der Waals surface area contributed by atoms with E-state index < -0.39 is 71.2 Å². The zero-order valence-electron chi connectivity index (χ0n) is 34.3. The van der Waals surface area contributed by atoms with Gasteiger partial charge in [-0.25, -0.2) is 0 Å². The molecular formula is C42H78O12S. The van der Waals surface area contributed by atoms with E-state index in [4.69, 9.17) is 18.9 Å². The Kier molecular flexibility index (Phi) is 31.2. The summed E-state index contributed by atoms with van der Waals surface area (Å²) in [4.78, 5) is 25.3. The van der Waals surface area contributed by atoms with Crippen molar-refractivity contribution in [1.29, 1.82) is 0 Å². The largest absolute Gasteiger partial charge is 0.462 e. The fourth-order valence-corrected chi connectivity index (χ4v) is 7.36. The number of aliphatic hydroxyl groups is 3. The lowest BCUT2D eigenvalue weighted by atomic mass is 10.00. The Labute approximate surface area is 333 Å². The molecule has 1 rings (SSSR count). The van der Waals surface area contributed by atoms with Gasteiger partial charge in [-0.05, 0) is 38.5 Å². The highest BCUT2D eigenvalue weighted by molar-refractivity contribution is 7.85. The van der Waals surface area contributed by atoms with E-state index in [1.165, 1.54) is 89.9 Å². The van der Waals surface area contributed by atoms with Crippen molar-refractivity contribution in [2.45, 2.75) is 224 Å². The zero-order valence-corrected chi connectivity index (χ0v) is 35.1. The summed E-state index contributed by atoms with van der Waals surface area (Å²) in [6, 6.07) is 0. The van der Waals surface area contributed by atoms with Crippen molar-refractivity contribution in [2.24, 2.45) is 0 Å². The van der Waals surface area contributed by atoms with Gasteiger partial charge >= 0.3 is 11.9 Å². The molecule has 324 valence electrons. The van der Waals surface area contributed by atoms with Gasteiger partial charge < -0.3 is 34.3 Å². The van der Waals surface area contributed by atoms with Crippen LogP contribution >= 0.6 is 0 Å². The first kappa shape index (κ1) is 51.4. The summed E-state index contributed by atoms with van der Waals surface area (Å²) in [6.45, 7) is 3.73. The van der Waals surface area contributed by atoms with Crippen LogP contribution in [0.4, 0.5) is 0 Å². The van der Waals surface area contributed by atoms with Gasteiger partial charge in [-0.3, -0.25) is 14.1 Å². The highest BCUT2D eigenvalue weighted by Crippen LogP contribution is 2.24. The lowest BCUT2D eigenvalue weighted by Crippen LogP contribution is -2.60. The standard InChI is InChI=1S/C42H78O12S/c1-3-5-7-9-11-13-15-17-18-19-21-22-24-26-28-30-37(43)51-32-35(33-52-42-41(47)40(46)39(45)36(54-42)34-55(48,49)50)53-38(44)31-29-27-25-23-20-16-14-12-10-8-6-4-2/h12,14,35-36,39-42,45-47H,3-11,13,15-34H2,1-2H3,(H,48,49,50)/b14-12-. The van der Waals surface area contributed by atoms with Gasteiger partial charge in [0.15, 0.2) is 12.4 Å². The first-order valence-corrected chi connectivity index (χ1v) is 23.4. The molecule has 1 fully saturated rings. The van der Waals surface area contributed by atoms with Crippen molar-refractivity contribution in [3.05, 3.63) is 12.2 Å². The van der Waals surface area contributed by atoms with E-state index in [0.29, 0.717) is 12.8 Å². The number of hydrogen-bond acceptors (Lipinski definition) is 11. The van der Waals surface area contributed by atoms with E-state index in [9.17, 15) is 37.9 Å². The molecule has 4 N–H and O–H groups in total. The normalized spacial score (nSPS) is 20.9. The number of ether oxygens (including phenoxy) is 4. The molecule has 55 heavy (non-hydrogen) atoms. The molecule has 0 aromatic rings. The minimum absolute atomic E-state index is 0.158. The number of carbonyl (C=O) groups is 2. The maximum absolute atomic E-state index is 12.8. The van der Waals surface area contributed by atoms with Gasteiger partial charge in [0.1, 0.15) is 36.8 Å². The molecule has 1 saturated heterocycles. The number of esters is 2. The molecule has 0 radical (unpaired) electrons. The number of rotatable bonds is 36. The third kappa shape index (κ3) is 28.4. The topological polar surface area (TPSA) is 186 Å². The molecule has 13 heteroatoms. The Hall–Kier alpha value is -1.61. The van der Waals surface area contributed by atoms with Gasteiger partial charge in [-0.1, -0.05) is 148 Å². The number of hydrogen-bond donors (Lipinski definition) is 4. The van der Waals surface area contributed by atoms with Crippen molar-refractivity contribution < 1.29 is 56.8 Å². The van der Waals surface area contributed by atoms with Gasteiger partial charge in [0.05, 0.1) is 6.61 Å². The summed E-state index contributed by atoms with van der Waals surface area (Å²) >= 11 is 0. The average Bonchev–Trinajstić information content (AvgIpc) is 3.14. The Bertz CT molecular complexity index is 1080. The summed E-state index contributed by atoms with van der Waals surface area (Å²) < 4.78 is 53.9. The molecule has 12 nitrogen and oxygen atoms in total. The number of aliphatic hydroxyl groups excluding tert-OH is 3. The SMILES string of the molecule is CCCCC/C=C\CCCCCCCC(=O)OC(COC(=O)CCCCCCCCCCCCCCCCC)COC1OC(CS(=O)(=O)O)C(O)C(O)C1O. The number of unbranched alkanes of at least 4 members (excludes halogenated alkanes) is 22. The third-order valence-corrected chi connectivity index (χ3v) is 10.8. The molecule has 0 aromatic carbocycles. The van der Waals surface area contributed by atoms with E-state index in [-0.39, 0.29) is 19.4 Å². The summed E-state index contributed by atoms with van der Waals surface area (Å²) in [6.07, 6.45) is 24.0. The van der Waals surface area contributed by atoms with Crippen LogP contribution in [0.5, 0.6) is 0 Å². The molecule has 0 aliphatic carbocycles. The second kappa shape index (κ2) is 33.4. The minimum Gasteiger partial charge on any atom is -0.462 e. The lowest BCUT2D eigenvalue weighted by molar-refractivity contribution is -0.297. The molecule has 1 heterocycles. The van der Waals surface area contributed by atoms with Crippen LogP contribution in [-0.4, -0.2) is 96.0 Å². The van der Waals surface area contributed by atoms with E-state index in [1.807, 2.05) is 0 Å². The van der Waals surface area contributed by atoms with E-state index in [2.05, 4.69) is 26.0 Å². The molecule has 0 amide bonds. The Morgan fingerprint density at radius 1 is 0.600 bits per heavy atom. The predicted molar refractivity (Wildman–Crippen MR) is 215 cm³/mol. The Balaban J connectivity index is 2.46. The van der Waals surface area contributed by atoms with Crippen molar-refractivity contribution in [2.75, 3.05) is 19.0 Å². The summed E-state index contributed by atoms with van der Waals surface area (Å²) in [5, 5.41) is 30.8. The van der Waals surface area contributed by atoms with E-state index in [0.717, 1.165) is 57.8 Å². The van der Waals surface area contributed by atoms with E-state index >= 15 is 0 Å². The van der Waals surface area contributed by atoms with Crippen LogP contribution in [0, 0.1) is 0 Å². The molecule has 0 spiro atoms. The van der Waals surface area contributed by atoms with Crippen LogP contribution in [-0.2, 0) is 38.7 Å². The molecule has 6 atom stereocenters. The van der Waals surface area contributed by atoms with Gasteiger partial charge in [-0.2, -0.15) is 8.42 Å². The highest BCUT2D eigenvalue weighted by Gasteiger charge is 2.46. The van der Waals surface area contributed by atoms with Crippen LogP contribution in [0.25, 0.3) is 0 Å². The fraction of sp³-hybridized carbons (Fsp3) is 0.905. The molecule has 0 bridgehead atoms. The summed E-state index contributed by atoms with van der Waals surface area (Å²) in [5.41, 5.74) is 0. The first-order chi connectivity index (χ1) is 26.5. The molecule has 1 aliphatic rings. The maximum atomic E-state index is 12.8. The number of carbonyl (C=O) groups excluding carboxylic acids is 2. The Morgan fingerprint density at radius 3 is 1.55 bits per heavy atom. The smallest absolute Gasteiger partial charge is 0.306 e. The average molecular weight is 807 g/mol. The lowest BCUT2D eigenvalue weighted by Gasteiger charge is -2.40. The number of allylic oxidation sites excluding steroid dienone is 2. The van der Waals surface area contributed by atoms with Crippen molar-refractivity contribution >= 4 is 22.1 Å². The highest BCUT2D eigenvalue weighted by atomic mass is 32.2. The van der Waals surface area contributed by atoms with Crippen LogP contribution in [0.15, 0.2) is 12.2 Å². The molecule has 0 aromatic heterocycles. The maximum Gasteiger partial charge on any atom is 0.306 e. The van der Waals surface area contributed by atoms with Crippen molar-refractivity contribution in [3.63, 3.8) is 0 Å². The molecule has 1 aliphatic heterocycles. The zero-order chi connectivity index (χ0) is 40.6. The van der Waals surface area contributed by atoms with Crippen LogP contribution in [0.2, 0.25) is 0 Å².